The lowest BCUT2D eigenvalue weighted by molar-refractivity contribution is 0.0521. The second-order valence-corrected chi connectivity index (χ2v) is 6.98. The Morgan fingerprint density at radius 2 is 2.05 bits per heavy atom. The lowest BCUT2D eigenvalue weighted by Gasteiger charge is -2.54. The number of benzene rings is 1. The quantitative estimate of drug-likeness (QED) is 0.807. The van der Waals surface area contributed by atoms with E-state index in [1.165, 1.54) is 0 Å². The summed E-state index contributed by atoms with van der Waals surface area (Å²) in [6, 6.07) is 5.31. The van der Waals surface area contributed by atoms with E-state index in [-0.39, 0.29) is 21.7 Å². The Morgan fingerprint density at radius 3 is 2.65 bits per heavy atom. The van der Waals surface area contributed by atoms with Gasteiger partial charge in [-0.1, -0.05) is 37.6 Å². The molecule has 2 nitrogen and oxygen atoms in total. The van der Waals surface area contributed by atoms with E-state index in [2.05, 4.69) is 19.2 Å². The molecule has 0 amide bonds. The molecular formula is C16H23ClFNO. The minimum Gasteiger partial charge on any atom is -0.383 e. The van der Waals surface area contributed by atoms with Crippen molar-refractivity contribution in [3.63, 3.8) is 0 Å². The molecule has 1 fully saturated rings. The molecule has 0 atom stereocenters. The summed E-state index contributed by atoms with van der Waals surface area (Å²) in [4.78, 5) is 0. The van der Waals surface area contributed by atoms with Gasteiger partial charge < -0.3 is 10.1 Å². The molecule has 1 aromatic carbocycles. The third kappa shape index (κ3) is 3.16. The molecule has 0 heterocycles. The summed E-state index contributed by atoms with van der Waals surface area (Å²) in [5, 5.41) is 3.59. The molecular weight excluding hydrogens is 277 g/mol. The molecule has 1 aromatic rings. The van der Waals surface area contributed by atoms with Crippen LogP contribution in [-0.4, -0.2) is 26.8 Å². The molecule has 0 bridgehead atoms. The average molecular weight is 300 g/mol. The molecule has 1 aliphatic rings. The maximum absolute atomic E-state index is 14.4. The fourth-order valence-corrected chi connectivity index (χ4v) is 3.78. The molecule has 1 N–H and O–H groups in total. The molecule has 1 aliphatic carbocycles. The van der Waals surface area contributed by atoms with Crippen LogP contribution in [0.4, 0.5) is 4.39 Å². The van der Waals surface area contributed by atoms with Gasteiger partial charge in [-0.2, -0.15) is 0 Å². The third-order valence-electron chi connectivity index (χ3n) is 4.10. The van der Waals surface area contributed by atoms with Gasteiger partial charge in [0, 0.05) is 25.6 Å². The van der Waals surface area contributed by atoms with Crippen molar-refractivity contribution < 1.29 is 9.13 Å². The molecule has 4 heteroatoms. The Bertz CT molecular complexity index is 468. The highest BCUT2D eigenvalue weighted by molar-refractivity contribution is 6.30. The van der Waals surface area contributed by atoms with Crippen molar-refractivity contribution in [2.45, 2.75) is 32.1 Å². The van der Waals surface area contributed by atoms with E-state index < -0.39 is 0 Å². The van der Waals surface area contributed by atoms with Crippen LogP contribution in [0.25, 0.3) is 0 Å². The minimum atomic E-state index is -0.266. The van der Waals surface area contributed by atoms with Crippen molar-refractivity contribution in [3.8, 4) is 0 Å². The van der Waals surface area contributed by atoms with Crippen LogP contribution in [0.2, 0.25) is 5.02 Å². The van der Waals surface area contributed by atoms with Gasteiger partial charge >= 0.3 is 0 Å². The third-order valence-corrected chi connectivity index (χ3v) is 4.40. The highest BCUT2D eigenvalue weighted by Gasteiger charge is 2.51. The van der Waals surface area contributed by atoms with E-state index in [0.29, 0.717) is 6.61 Å². The Hall–Kier alpha value is -0.640. The van der Waals surface area contributed by atoms with Gasteiger partial charge in [0.15, 0.2) is 0 Å². The lowest BCUT2D eigenvalue weighted by atomic mass is 9.52. The van der Waals surface area contributed by atoms with Crippen LogP contribution in [0.1, 0.15) is 32.3 Å². The van der Waals surface area contributed by atoms with E-state index >= 15 is 0 Å². The number of nitrogens with one attached hydrogen (secondary N) is 1. The number of hydrogen-bond acceptors (Lipinski definition) is 2. The molecule has 0 radical (unpaired) electrons. The van der Waals surface area contributed by atoms with Crippen LogP contribution >= 0.6 is 11.6 Å². The number of methoxy groups -OCH3 is 1. The molecule has 2 rings (SSSR count). The topological polar surface area (TPSA) is 21.3 Å². The Morgan fingerprint density at radius 1 is 1.35 bits per heavy atom. The first-order valence-corrected chi connectivity index (χ1v) is 7.42. The van der Waals surface area contributed by atoms with Crippen LogP contribution in [0.15, 0.2) is 18.2 Å². The van der Waals surface area contributed by atoms with Crippen molar-refractivity contribution in [3.05, 3.63) is 34.6 Å². The second-order valence-electron chi connectivity index (χ2n) is 6.57. The first-order chi connectivity index (χ1) is 9.40. The van der Waals surface area contributed by atoms with Crippen molar-refractivity contribution in [2.75, 3.05) is 26.8 Å². The zero-order valence-corrected chi connectivity index (χ0v) is 13.2. The smallest absolute Gasteiger partial charge is 0.145 e. The van der Waals surface area contributed by atoms with Crippen LogP contribution < -0.4 is 5.32 Å². The van der Waals surface area contributed by atoms with E-state index in [1.807, 2.05) is 12.1 Å². The van der Waals surface area contributed by atoms with Crippen LogP contribution in [0, 0.1) is 11.2 Å². The standard InChI is InChI=1S/C16H23ClFNO/c1-15(2)9-16(10-15,11-19-7-8-20-3)12-5-4-6-13(17)14(12)18/h4-6,19H,7-11H2,1-3H3. The molecule has 0 aliphatic heterocycles. The molecule has 0 aromatic heterocycles. The van der Waals surface area contributed by atoms with Crippen molar-refractivity contribution in [2.24, 2.45) is 5.41 Å². The second kappa shape index (κ2) is 6.00. The van der Waals surface area contributed by atoms with Gasteiger partial charge in [-0.25, -0.2) is 4.39 Å². The summed E-state index contributed by atoms with van der Waals surface area (Å²) < 4.78 is 19.4. The van der Waals surface area contributed by atoms with Gasteiger partial charge in [0.1, 0.15) is 5.82 Å². The average Bonchev–Trinajstić information content (AvgIpc) is 2.35. The predicted octanol–water partition coefficient (Wildman–Crippen LogP) is 3.77. The SMILES string of the molecule is COCCNCC1(c2cccc(Cl)c2F)CC(C)(C)C1. The molecule has 1 saturated carbocycles. The first kappa shape index (κ1) is 15.7. The van der Waals surface area contributed by atoms with E-state index in [4.69, 9.17) is 16.3 Å². The fraction of sp³-hybridized carbons (Fsp3) is 0.625. The zero-order chi connectivity index (χ0) is 14.8. The number of rotatable bonds is 6. The van der Waals surface area contributed by atoms with Crippen molar-refractivity contribution >= 4 is 11.6 Å². The number of halogens is 2. The van der Waals surface area contributed by atoms with Crippen molar-refractivity contribution in [1.82, 2.24) is 5.32 Å². The largest absolute Gasteiger partial charge is 0.383 e. The van der Waals surface area contributed by atoms with E-state index in [1.54, 1.807) is 13.2 Å². The first-order valence-electron chi connectivity index (χ1n) is 7.04. The Balaban J connectivity index is 2.18. The number of ether oxygens (including phenoxy) is 1. The zero-order valence-electron chi connectivity index (χ0n) is 12.4. The summed E-state index contributed by atoms with van der Waals surface area (Å²) in [6.07, 6.45) is 1.94. The maximum Gasteiger partial charge on any atom is 0.145 e. The molecule has 0 saturated heterocycles. The monoisotopic (exact) mass is 299 g/mol. The van der Waals surface area contributed by atoms with Crippen LogP contribution in [0.3, 0.4) is 0 Å². The van der Waals surface area contributed by atoms with E-state index in [0.717, 1.165) is 31.5 Å². The van der Waals surface area contributed by atoms with Gasteiger partial charge in [-0.15, -0.1) is 0 Å². The summed E-state index contributed by atoms with van der Waals surface area (Å²) in [6.45, 7) is 6.65. The number of hydrogen-bond donors (Lipinski definition) is 1. The highest BCUT2D eigenvalue weighted by atomic mass is 35.5. The van der Waals surface area contributed by atoms with Gasteiger partial charge in [0.2, 0.25) is 0 Å². The Labute approximate surface area is 125 Å². The molecule has 0 unspecified atom stereocenters. The summed E-state index contributed by atoms with van der Waals surface area (Å²) in [5.41, 5.74) is 0.860. The maximum atomic E-state index is 14.4. The fourth-order valence-electron chi connectivity index (χ4n) is 3.61. The highest BCUT2D eigenvalue weighted by Crippen LogP contribution is 2.55. The molecule has 112 valence electrons. The summed E-state index contributed by atoms with van der Waals surface area (Å²) in [7, 11) is 1.68. The molecule has 0 spiro atoms. The van der Waals surface area contributed by atoms with E-state index in [9.17, 15) is 4.39 Å². The predicted molar refractivity (Wildman–Crippen MR) is 80.8 cm³/mol. The van der Waals surface area contributed by atoms with Gasteiger partial charge in [-0.3, -0.25) is 0 Å². The van der Waals surface area contributed by atoms with Gasteiger partial charge in [-0.05, 0) is 29.9 Å². The normalized spacial score (nSPS) is 19.6. The lowest BCUT2D eigenvalue weighted by Crippen LogP contribution is -2.53. The van der Waals surface area contributed by atoms with Crippen LogP contribution in [0.5, 0.6) is 0 Å². The van der Waals surface area contributed by atoms with Crippen LogP contribution in [-0.2, 0) is 10.2 Å². The Kier molecular flexibility index (Phi) is 4.73. The van der Waals surface area contributed by atoms with Gasteiger partial charge in [0.25, 0.3) is 0 Å². The minimum absolute atomic E-state index is 0.147. The summed E-state index contributed by atoms with van der Waals surface area (Å²) in [5.74, 6) is -0.266. The molecule has 20 heavy (non-hydrogen) atoms. The van der Waals surface area contributed by atoms with Crippen molar-refractivity contribution in [1.29, 1.82) is 0 Å². The summed E-state index contributed by atoms with van der Waals surface area (Å²) >= 11 is 5.94. The van der Waals surface area contributed by atoms with Gasteiger partial charge in [0.05, 0.1) is 11.6 Å².